The fourth-order valence-electron chi connectivity index (χ4n) is 4.30. The maximum atomic E-state index is 10.0. The van der Waals surface area contributed by atoms with E-state index in [1.54, 1.807) is 14.2 Å². The molecule has 5 rings (SSSR count). The summed E-state index contributed by atoms with van der Waals surface area (Å²) in [5.74, 6) is 1.63. The molecular weight excluding hydrogens is 456 g/mol. The summed E-state index contributed by atoms with van der Waals surface area (Å²) in [6.07, 6.45) is 0. The van der Waals surface area contributed by atoms with Crippen LogP contribution in [0.25, 0.3) is 11.3 Å². The fourth-order valence-corrected chi connectivity index (χ4v) is 4.30. The Bertz CT molecular complexity index is 1470. The number of hydrogen-bond acceptors (Lipinski definition) is 7. The Kier molecular flexibility index (Phi) is 6.20. The van der Waals surface area contributed by atoms with E-state index >= 15 is 0 Å². The Morgan fingerprint density at radius 1 is 1.00 bits per heavy atom. The second-order valence-corrected chi connectivity index (χ2v) is 8.16. The minimum Gasteiger partial charge on any atom is -0.497 e. The van der Waals surface area contributed by atoms with Crippen LogP contribution in [0.3, 0.4) is 0 Å². The summed E-state index contributed by atoms with van der Waals surface area (Å²) in [6.45, 7) is 0.399. The van der Waals surface area contributed by atoms with Gasteiger partial charge in [-0.05, 0) is 35.4 Å². The number of aromatic amines is 1. The summed E-state index contributed by atoms with van der Waals surface area (Å²) in [6, 6.07) is 25.3. The number of nitrogens with two attached hydrogens (primary N) is 1. The third kappa shape index (κ3) is 4.18. The highest BCUT2D eigenvalue weighted by molar-refractivity contribution is 5.72. The molecule has 1 aliphatic rings. The van der Waals surface area contributed by atoms with Crippen LogP contribution in [0.4, 0.5) is 0 Å². The molecule has 8 heteroatoms. The zero-order valence-electron chi connectivity index (χ0n) is 19.8. The SMILES string of the molecule is COc1cccc(-c2[nH]nc3c2C(c2ccc(OCc4ccccc4)c(OC)c2)C(C#N)=C(N)O3)c1. The highest BCUT2D eigenvalue weighted by Gasteiger charge is 2.36. The van der Waals surface area contributed by atoms with Gasteiger partial charge in [-0.3, -0.25) is 5.10 Å². The molecule has 0 saturated carbocycles. The second kappa shape index (κ2) is 9.76. The minimum absolute atomic E-state index is 0.0158. The number of rotatable bonds is 7. The number of methoxy groups -OCH3 is 2. The lowest BCUT2D eigenvalue weighted by molar-refractivity contribution is 0.284. The van der Waals surface area contributed by atoms with Crippen LogP contribution in [0.5, 0.6) is 23.1 Å². The van der Waals surface area contributed by atoms with Crippen molar-refractivity contribution in [3.8, 4) is 40.5 Å². The van der Waals surface area contributed by atoms with Gasteiger partial charge >= 0.3 is 0 Å². The maximum Gasteiger partial charge on any atom is 0.244 e. The maximum absolute atomic E-state index is 10.0. The number of hydrogen-bond donors (Lipinski definition) is 2. The highest BCUT2D eigenvalue weighted by atomic mass is 16.5. The Labute approximate surface area is 208 Å². The number of H-pyrrole nitrogens is 1. The summed E-state index contributed by atoms with van der Waals surface area (Å²) in [5.41, 5.74) is 10.5. The molecule has 0 saturated heterocycles. The van der Waals surface area contributed by atoms with Gasteiger partial charge in [0.15, 0.2) is 11.5 Å². The second-order valence-electron chi connectivity index (χ2n) is 8.16. The number of allylic oxidation sites excluding steroid dienone is 1. The van der Waals surface area contributed by atoms with Crippen LogP contribution in [0.15, 0.2) is 84.3 Å². The minimum atomic E-state index is -0.532. The zero-order valence-corrected chi connectivity index (χ0v) is 19.8. The lowest BCUT2D eigenvalue weighted by atomic mass is 9.83. The lowest BCUT2D eigenvalue weighted by Crippen LogP contribution is -2.21. The normalized spacial score (nSPS) is 14.4. The molecule has 0 bridgehead atoms. The number of nitriles is 1. The first-order valence-electron chi connectivity index (χ1n) is 11.3. The average molecular weight is 481 g/mol. The van der Waals surface area contributed by atoms with E-state index in [0.717, 1.165) is 16.7 Å². The van der Waals surface area contributed by atoms with Crippen LogP contribution >= 0.6 is 0 Å². The molecule has 0 spiro atoms. The summed E-state index contributed by atoms with van der Waals surface area (Å²) >= 11 is 0. The Morgan fingerprint density at radius 2 is 1.83 bits per heavy atom. The number of ether oxygens (including phenoxy) is 4. The molecule has 0 radical (unpaired) electrons. The largest absolute Gasteiger partial charge is 0.497 e. The molecule has 4 aromatic rings. The Balaban J connectivity index is 1.57. The van der Waals surface area contributed by atoms with Crippen molar-refractivity contribution in [1.29, 1.82) is 5.26 Å². The van der Waals surface area contributed by atoms with Gasteiger partial charge in [0.2, 0.25) is 11.8 Å². The first-order valence-corrected chi connectivity index (χ1v) is 11.3. The van der Waals surface area contributed by atoms with Crippen molar-refractivity contribution < 1.29 is 18.9 Å². The van der Waals surface area contributed by atoms with Crippen molar-refractivity contribution in [3.05, 3.63) is 101 Å². The predicted octanol–water partition coefficient (Wildman–Crippen LogP) is 4.89. The molecule has 0 amide bonds. The molecular formula is C28H24N4O4. The van der Waals surface area contributed by atoms with Gasteiger partial charge in [-0.25, -0.2) is 0 Å². The van der Waals surface area contributed by atoms with Crippen LogP contribution < -0.4 is 24.7 Å². The molecule has 1 aromatic heterocycles. The summed E-state index contributed by atoms with van der Waals surface area (Å²) in [5, 5.41) is 17.4. The molecule has 2 heterocycles. The number of nitrogens with one attached hydrogen (secondary N) is 1. The van der Waals surface area contributed by atoms with E-state index in [9.17, 15) is 5.26 Å². The number of aromatic nitrogens is 2. The Morgan fingerprint density at radius 3 is 2.58 bits per heavy atom. The first-order chi connectivity index (χ1) is 17.6. The van der Waals surface area contributed by atoms with Gasteiger partial charge in [-0.15, -0.1) is 5.10 Å². The standard InChI is InChI=1S/C28H24N4O4/c1-33-20-10-6-9-19(13-20)26-25-24(21(15-29)27(30)36-28(25)32-31-26)18-11-12-22(23(14-18)34-2)35-16-17-7-4-3-5-8-17/h3-14,24H,16,30H2,1-2H3,(H,31,32). The first kappa shape index (κ1) is 22.9. The van der Waals surface area contributed by atoms with Crippen LogP contribution in [-0.4, -0.2) is 24.4 Å². The molecule has 1 atom stereocenters. The smallest absolute Gasteiger partial charge is 0.244 e. The number of fused-ring (bicyclic) bond motifs is 1. The molecule has 180 valence electrons. The molecule has 1 aliphatic heterocycles. The topological polar surface area (TPSA) is 115 Å². The number of nitrogens with zero attached hydrogens (tertiary/aromatic N) is 2. The van der Waals surface area contributed by atoms with E-state index in [0.29, 0.717) is 41.0 Å². The average Bonchev–Trinajstić information content (AvgIpc) is 3.35. The van der Waals surface area contributed by atoms with Crippen molar-refractivity contribution in [1.82, 2.24) is 10.2 Å². The van der Waals surface area contributed by atoms with Gasteiger partial charge in [0.05, 0.1) is 31.4 Å². The van der Waals surface area contributed by atoms with E-state index in [1.165, 1.54) is 0 Å². The van der Waals surface area contributed by atoms with E-state index in [1.807, 2.05) is 72.8 Å². The van der Waals surface area contributed by atoms with Gasteiger partial charge in [-0.1, -0.05) is 48.5 Å². The van der Waals surface area contributed by atoms with E-state index in [2.05, 4.69) is 16.3 Å². The third-order valence-electron chi connectivity index (χ3n) is 6.06. The molecule has 3 N–H and O–H groups in total. The van der Waals surface area contributed by atoms with Crippen molar-refractivity contribution >= 4 is 0 Å². The highest BCUT2D eigenvalue weighted by Crippen LogP contribution is 2.47. The summed E-state index contributed by atoms with van der Waals surface area (Å²) in [4.78, 5) is 0. The van der Waals surface area contributed by atoms with Gasteiger partial charge in [-0.2, -0.15) is 5.26 Å². The van der Waals surface area contributed by atoms with Gasteiger partial charge in [0.25, 0.3) is 0 Å². The predicted molar refractivity (Wildman–Crippen MR) is 134 cm³/mol. The van der Waals surface area contributed by atoms with E-state index in [-0.39, 0.29) is 11.5 Å². The quantitative estimate of drug-likeness (QED) is 0.387. The molecule has 3 aromatic carbocycles. The van der Waals surface area contributed by atoms with Crippen LogP contribution in [-0.2, 0) is 6.61 Å². The summed E-state index contributed by atoms with van der Waals surface area (Å²) in [7, 11) is 3.19. The van der Waals surface area contributed by atoms with Crippen LogP contribution in [0.1, 0.15) is 22.6 Å². The molecule has 1 unspecified atom stereocenters. The van der Waals surface area contributed by atoms with Crippen molar-refractivity contribution in [2.75, 3.05) is 14.2 Å². The molecule has 0 fully saturated rings. The number of benzene rings is 3. The van der Waals surface area contributed by atoms with Crippen molar-refractivity contribution in [3.63, 3.8) is 0 Å². The van der Waals surface area contributed by atoms with E-state index in [4.69, 9.17) is 24.7 Å². The lowest BCUT2D eigenvalue weighted by Gasteiger charge is -2.25. The van der Waals surface area contributed by atoms with Crippen molar-refractivity contribution in [2.45, 2.75) is 12.5 Å². The monoisotopic (exact) mass is 480 g/mol. The fraction of sp³-hybridized carbons (Fsp3) is 0.143. The summed E-state index contributed by atoms with van der Waals surface area (Å²) < 4.78 is 22.8. The van der Waals surface area contributed by atoms with Gasteiger partial charge in [0, 0.05) is 5.56 Å². The Hall–Kier alpha value is -4.90. The molecule has 36 heavy (non-hydrogen) atoms. The van der Waals surface area contributed by atoms with Crippen molar-refractivity contribution in [2.24, 2.45) is 5.73 Å². The third-order valence-corrected chi connectivity index (χ3v) is 6.06. The molecule has 8 nitrogen and oxygen atoms in total. The van der Waals surface area contributed by atoms with Gasteiger partial charge in [0.1, 0.15) is 24.0 Å². The van der Waals surface area contributed by atoms with E-state index < -0.39 is 5.92 Å². The van der Waals surface area contributed by atoms with Crippen LogP contribution in [0.2, 0.25) is 0 Å². The van der Waals surface area contributed by atoms with Gasteiger partial charge < -0.3 is 24.7 Å². The molecule has 0 aliphatic carbocycles. The van der Waals surface area contributed by atoms with Crippen LogP contribution in [0, 0.1) is 11.3 Å². The zero-order chi connectivity index (χ0) is 25.1.